The van der Waals surface area contributed by atoms with Gasteiger partial charge in [-0.05, 0) is 37.0 Å². The topological polar surface area (TPSA) is 146 Å². The fourth-order valence-corrected chi connectivity index (χ4v) is 7.92. The van der Waals surface area contributed by atoms with Gasteiger partial charge in [-0.3, -0.25) is 4.79 Å². The van der Waals surface area contributed by atoms with Gasteiger partial charge >= 0.3 is 0 Å². The summed E-state index contributed by atoms with van der Waals surface area (Å²) in [5.74, 6) is 1.16. The van der Waals surface area contributed by atoms with E-state index in [-0.39, 0.29) is 17.7 Å². The predicted octanol–water partition coefficient (Wildman–Crippen LogP) is -0.866. The molecule has 6 rings (SSSR count). The van der Waals surface area contributed by atoms with Crippen molar-refractivity contribution in [1.29, 1.82) is 0 Å². The number of hydrogen-bond donors (Lipinski definition) is 5. The molecule has 0 radical (unpaired) electrons. The van der Waals surface area contributed by atoms with Crippen molar-refractivity contribution < 1.29 is 30.0 Å². The van der Waals surface area contributed by atoms with Gasteiger partial charge in [0.05, 0.1) is 18.8 Å². The van der Waals surface area contributed by atoms with Gasteiger partial charge in [0, 0.05) is 17.3 Å². The lowest BCUT2D eigenvalue weighted by atomic mass is 9.35. The average molecular weight is 380 g/mol. The third kappa shape index (κ3) is 1.55. The Bertz CT molecular complexity index is 754. The molecule has 4 bridgehead atoms. The average Bonchev–Trinajstić information content (AvgIpc) is 2.74. The second-order valence-electron chi connectivity index (χ2n) is 9.96. The van der Waals surface area contributed by atoms with Gasteiger partial charge in [-0.15, -0.1) is 0 Å². The molecular weight excluding hydrogens is 352 g/mol. The van der Waals surface area contributed by atoms with Gasteiger partial charge in [0.25, 0.3) is 0 Å². The number of carbonyl (C=O) groups excluding carboxylic acids is 1. The highest BCUT2D eigenvalue weighted by molar-refractivity contribution is 6.45. The van der Waals surface area contributed by atoms with Crippen LogP contribution in [0.5, 0.6) is 0 Å². The minimum Gasteiger partial charge on any atom is -0.392 e. The van der Waals surface area contributed by atoms with Crippen molar-refractivity contribution in [3.63, 3.8) is 0 Å². The molecule has 0 aromatic heterocycles. The minimum atomic E-state index is -2.22. The fourth-order valence-electron chi connectivity index (χ4n) is 7.92. The van der Waals surface area contributed by atoms with Crippen LogP contribution >= 0.6 is 0 Å². The number of nitrogens with zero attached hydrogens (tertiary/aromatic N) is 1. The molecule has 6 aliphatic rings. The van der Waals surface area contributed by atoms with Crippen molar-refractivity contribution in [3.05, 3.63) is 0 Å². The number of aliphatic hydroxyl groups is 4. The summed E-state index contributed by atoms with van der Waals surface area (Å²) < 4.78 is 5.79. The van der Waals surface area contributed by atoms with Crippen LogP contribution in [0.4, 0.5) is 0 Å². The second-order valence-corrected chi connectivity index (χ2v) is 9.96. The van der Waals surface area contributed by atoms with Crippen LogP contribution in [0.2, 0.25) is 0 Å². The summed E-state index contributed by atoms with van der Waals surface area (Å²) in [6.45, 7) is 4.11. The van der Waals surface area contributed by atoms with Crippen LogP contribution in [0.15, 0.2) is 5.10 Å². The van der Waals surface area contributed by atoms with E-state index in [1.165, 1.54) is 0 Å². The van der Waals surface area contributed by atoms with Crippen molar-refractivity contribution >= 4 is 11.5 Å². The summed E-state index contributed by atoms with van der Waals surface area (Å²) in [7, 11) is 0. The van der Waals surface area contributed by atoms with E-state index in [1.807, 2.05) is 13.8 Å². The molecule has 0 amide bonds. The maximum atomic E-state index is 13.5. The maximum absolute atomic E-state index is 13.5. The lowest BCUT2D eigenvalue weighted by Gasteiger charge is -2.74. The van der Waals surface area contributed by atoms with E-state index in [1.54, 1.807) is 0 Å². The molecule has 8 nitrogen and oxygen atoms in total. The summed E-state index contributed by atoms with van der Waals surface area (Å²) >= 11 is 0. The number of ether oxygens (including phenoxy) is 1. The number of Topliss-reactive ketones (excluding diaryl/α,β-unsaturated/α-hetero) is 1. The van der Waals surface area contributed by atoms with Crippen LogP contribution in [0.25, 0.3) is 0 Å². The summed E-state index contributed by atoms with van der Waals surface area (Å²) in [6, 6.07) is 0. The van der Waals surface area contributed by atoms with E-state index in [2.05, 4.69) is 5.10 Å². The molecule has 6 N–H and O–H groups in total. The summed E-state index contributed by atoms with van der Waals surface area (Å²) in [5.41, 5.74) is -2.94. The molecule has 6 fully saturated rings. The Labute approximate surface area is 157 Å². The van der Waals surface area contributed by atoms with E-state index in [0.29, 0.717) is 25.7 Å². The predicted molar refractivity (Wildman–Crippen MR) is 93.1 cm³/mol. The van der Waals surface area contributed by atoms with Gasteiger partial charge in [-0.25, -0.2) is 0 Å². The molecule has 2 heterocycles. The third-order valence-electron chi connectivity index (χ3n) is 8.87. The van der Waals surface area contributed by atoms with Gasteiger partial charge in [0.2, 0.25) is 5.79 Å². The Morgan fingerprint density at radius 2 is 1.85 bits per heavy atom. The molecule has 27 heavy (non-hydrogen) atoms. The molecule has 3 unspecified atom stereocenters. The molecule has 4 aliphatic carbocycles. The molecule has 2 aliphatic heterocycles. The van der Waals surface area contributed by atoms with Crippen molar-refractivity contribution in [1.82, 2.24) is 0 Å². The number of hydrazone groups is 1. The Kier molecular flexibility index (Phi) is 3.28. The maximum Gasteiger partial charge on any atom is 0.208 e. The quantitative estimate of drug-likeness (QED) is 0.271. The fraction of sp³-hybridized carbons (Fsp3) is 0.895. The number of carbonyl (C=O) groups is 1. The number of nitrogens with two attached hydrogens (primary N) is 1. The van der Waals surface area contributed by atoms with E-state index in [0.717, 1.165) is 0 Å². The SMILES string of the molecule is CC1(C)CC[C@H](O)[C@]23CO[C@@](O)([C@@H](O)C12)C12C(=O)/C(=N\N)[C@H](CCC13)[C@H]2O. The molecular formula is C19H28N2O6. The zero-order valence-corrected chi connectivity index (χ0v) is 15.6. The monoisotopic (exact) mass is 380 g/mol. The van der Waals surface area contributed by atoms with E-state index in [9.17, 15) is 25.2 Å². The lowest BCUT2D eigenvalue weighted by molar-refractivity contribution is -0.458. The smallest absolute Gasteiger partial charge is 0.208 e. The second kappa shape index (κ2) is 4.91. The van der Waals surface area contributed by atoms with Crippen LogP contribution in [0.1, 0.15) is 39.5 Å². The highest BCUT2D eigenvalue weighted by Gasteiger charge is 2.87. The van der Waals surface area contributed by atoms with Gasteiger partial charge in [0.15, 0.2) is 5.78 Å². The Hall–Kier alpha value is -1.06. The minimum absolute atomic E-state index is 0.0549. The first-order valence-electron chi connectivity index (χ1n) is 9.83. The number of hydrogen-bond acceptors (Lipinski definition) is 8. The molecule has 4 saturated carbocycles. The van der Waals surface area contributed by atoms with Crippen molar-refractivity contribution in [2.45, 2.75) is 63.6 Å². The van der Waals surface area contributed by atoms with Crippen LogP contribution in [0.3, 0.4) is 0 Å². The lowest BCUT2D eigenvalue weighted by Crippen LogP contribution is -2.85. The molecule has 8 heteroatoms. The zero-order chi connectivity index (χ0) is 19.6. The van der Waals surface area contributed by atoms with Crippen molar-refractivity contribution in [2.75, 3.05) is 6.61 Å². The third-order valence-corrected chi connectivity index (χ3v) is 8.87. The van der Waals surface area contributed by atoms with Gasteiger partial charge in [0.1, 0.15) is 17.2 Å². The number of fused-ring (bicyclic) bond motifs is 2. The van der Waals surface area contributed by atoms with E-state index < -0.39 is 58.5 Å². The molecule has 2 saturated heterocycles. The van der Waals surface area contributed by atoms with Crippen LogP contribution < -0.4 is 5.84 Å². The molecule has 0 aromatic rings. The van der Waals surface area contributed by atoms with Gasteiger partial charge < -0.3 is 31.0 Å². The summed E-state index contributed by atoms with van der Waals surface area (Å²) in [4.78, 5) is 13.5. The standard InChI is InChI=1S/C19H28N2O6/c1-16(2)6-5-10(22)17-7-27-19(26,15(25)12(16)17)18-9(17)4-3-8(13(18)23)11(21-20)14(18)24/h8-10,12-13,15,22-23,25-26H,3-7,20H2,1-2H3/b21-11-/t8-,9?,10-,12?,13+,15-,17+,18?,19-/m0/s1. The first-order chi connectivity index (χ1) is 12.6. The van der Waals surface area contributed by atoms with Crippen molar-refractivity contribution in [3.8, 4) is 0 Å². The van der Waals surface area contributed by atoms with Gasteiger partial charge in [-0.2, -0.15) is 5.10 Å². The molecule has 150 valence electrons. The molecule has 9 atom stereocenters. The first kappa shape index (κ1) is 18.0. The van der Waals surface area contributed by atoms with Gasteiger partial charge in [-0.1, -0.05) is 13.8 Å². The Morgan fingerprint density at radius 3 is 2.52 bits per heavy atom. The number of ketones is 1. The highest BCUT2D eigenvalue weighted by Crippen LogP contribution is 2.75. The first-order valence-corrected chi connectivity index (χ1v) is 9.83. The van der Waals surface area contributed by atoms with E-state index in [4.69, 9.17) is 10.6 Å². The largest absolute Gasteiger partial charge is 0.392 e. The molecule has 2 spiro atoms. The molecule has 0 aromatic carbocycles. The Balaban J connectivity index is 1.81. The summed E-state index contributed by atoms with van der Waals surface area (Å²) in [6.07, 6.45) is -1.18. The zero-order valence-electron chi connectivity index (χ0n) is 15.6. The Morgan fingerprint density at radius 1 is 1.15 bits per heavy atom. The highest BCUT2D eigenvalue weighted by atomic mass is 16.6. The number of rotatable bonds is 0. The van der Waals surface area contributed by atoms with Crippen LogP contribution in [-0.2, 0) is 9.53 Å². The summed E-state index contributed by atoms with van der Waals surface area (Å²) in [5, 5.41) is 48.9. The van der Waals surface area contributed by atoms with Crippen LogP contribution in [-0.4, -0.2) is 62.6 Å². The van der Waals surface area contributed by atoms with Crippen molar-refractivity contribution in [2.24, 2.45) is 44.9 Å². The van der Waals surface area contributed by atoms with Crippen LogP contribution in [0, 0.1) is 34.0 Å². The van der Waals surface area contributed by atoms with E-state index >= 15 is 0 Å². The normalized spacial score (nSPS) is 59.6. The number of aliphatic hydroxyl groups excluding tert-OH is 3.